The number of nitrogens with one attached hydrogen (secondary N) is 2. The Hall–Kier alpha value is -1.21. The van der Waals surface area contributed by atoms with Gasteiger partial charge in [0, 0.05) is 24.8 Å². The lowest BCUT2D eigenvalue weighted by Gasteiger charge is -2.23. The second-order valence-corrected chi connectivity index (χ2v) is 6.26. The van der Waals surface area contributed by atoms with Crippen molar-refractivity contribution in [3.05, 3.63) is 30.1 Å². The molecule has 0 aliphatic rings. The largest absolute Gasteiger partial charge is 0.393 e. The maximum Gasteiger partial charge on any atom is 0.123 e. The normalized spacial score (nSPS) is 13.3. The first kappa shape index (κ1) is 29.0. The third-order valence-electron chi connectivity index (χ3n) is 4.17. The first-order chi connectivity index (χ1) is 13.5. The van der Waals surface area contributed by atoms with Gasteiger partial charge < -0.3 is 26.2 Å². The first-order valence-corrected chi connectivity index (χ1v) is 10.7. The molecule has 0 spiro atoms. The van der Waals surface area contributed by atoms with Gasteiger partial charge in [0.25, 0.3) is 0 Å². The number of ether oxygens (including phenoxy) is 1. The van der Waals surface area contributed by atoms with E-state index in [2.05, 4.69) is 17.6 Å². The Bertz CT molecular complexity index is 430. The summed E-state index contributed by atoms with van der Waals surface area (Å²) >= 11 is 0. The fourth-order valence-corrected chi connectivity index (χ4v) is 2.46. The molecular formula is C22H44FN3O2. The third kappa shape index (κ3) is 15.8. The lowest BCUT2D eigenvalue weighted by atomic mass is 9.94. The maximum atomic E-state index is 12.9. The molecule has 0 fully saturated rings. The molecule has 0 heterocycles. The number of hydrogen-bond acceptors (Lipinski definition) is 5. The molecule has 0 bridgehead atoms. The van der Waals surface area contributed by atoms with Crippen LogP contribution in [0.25, 0.3) is 0 Å². The van der Waals surface area contributed by atoms with Crippen LogP contribution in [0.5, 0.6) is 0 Å². The number of hydrogen-bond donors (Lipinski definition) is 4. The topological polar surface area (TPSA) is 79.5 Å². The molecule has 5 nitrogen and oxygen atoms in total. The Morgan fingerprint density at radius 1 is 1.11 bits per heavy atom. The molecule has 0 radical (unpaired) electrons. The maximum absolute atomic E-state index is 12.9. The highest BCUT2D eigenvalue weighted by Gasteiger charge is 2.17. The zero-order valence-corrected chi connectivity index (χ0v) is 18.8. The average Bonchev–Trinajstić information content (AvgIpc) is 2.73. The van der Waals surface area contributed by atoms with Gasteiger partial charge in [0.15, 0.2) is 0 Å². The highest BCUT2D eigenvalue weighted by atomic mass is 19.1. The molecule has 0 aromatic heterocycles. The SMILES string of the molecule is CC.CCNC.CCOC(N)CCCC(CNc1ccc(F)cc1)[C@@H](O)CC. The van der Waals surface area contributed by atoms with Crippen LogP contribution in [0, 0.1) is 11.7 Å². The van der Waals surface area contributed by atoms with E-state index in [4.69, 9.17) is 10.5 Å². The average molecular weight is 402 g/mol. The van der Waals surface area contributed by atoms with E-state index in [0.29, 0.717) is 19.6 Å². The molecule has 0 saturated carbocycles. The second kappa shape index (κ2) is 20.5. The van der Waals surface area contributed by atoms with Gasteiger partial charge >= 0.3 is 0 Å². The summed E-state index contributed by atoms with van der Waals surface area (Å²) in [7, 11) is 1.93. The van der Waals surface area contributed by atoms with Crippen molar-refractivity contribution < 1.29 is 14.2 Å². The third-order valence-corrected chi connectivity index (χ3v) is 4.17. The number of aliphatic hydroxyl groups is 1. The molecule has 0 aliphatic heterocycles. The lowest BCUT2D eigenvalue weighted by Crippen LogP contribution is -2.28. The molecule has 3 atom stereocenters. The highest BCUT2D eigenvalue weighted by molar-refractivity contribution is 5.42. The zero-order chi connectivity index (χ0) is 21.8. The number of halogens is 1. The molecule has 2 unspecified atom stereocenters. The lowest BCUT2D eigenvalue weighted by molar-refractivity contribution is 0.0545. The molecule has 0 aliphatic carbocycles. The summed E-state index contributed by atoms with van der Waals surface area (Å²) in [5.74, 6) is -0.107. The molecule has 28 heavy (non-hydrogen) atoms. The van der Waals surface area contributed by atoms with Gasteiger partial charge in [0.1, 0.15) is 12.0 Å². The summed E-state index contributed by atoms with van der Waals surface area (Å²) in [6.07, 6.45) is 2.72. The Morgan fingerprint density at radius 2 is 1.68 bits per heavy atom. The van der Waals surface area contributed by atoms with E-state index in [0.717, 1.165) is 31.5 Å². The minimum Gasteiger partial charge on any atom is -0.393 e. The van der Waals surface area contributed by atoms with E-state index in [9.17, 15) is 9.50 Å². The van der Waals surface area contributed by atoms with Crippen LogP contribution in [0.3, 0.4) is 0 Å². The number of rotatable bonds is 12. The van der Waals surface area contributed by atoms with Gasteiger partial charge in [-0.25, -0.2) is 4.39 Å². The van der Waals surface area contributed by atoms with Gasteiger partial charge in [-0.1, -0.05) is 27.7 Å². The van der Waals surface area contributed by atoms with Gasteiger partial charge in [-0.3, -0.25) is 0 Å². The Morgan fingerprint density at radius 3 is 2.14 bits per heavy atom. The molecule has 1 aromatic rings. The summed E-state index contributed by atoms with van der Waals surface area (Å²) < 4.78 is 18.2. The van der Waals surface area contributed by atoms with Gasteiger partial charge in [-0.15, -0.1) is 0 Å². The van der Waals surface area contributed by atoms with Crippen LogP contribution in [0.1, 0.15) is 60.3 Å². The van der Waals surface area contributed by atoms with E-state index in [1.54, 1.807) is 12.1 Å². The van der Waals surface area contributed by atoms with Crippen molar-refractivity contribution in [2.75, 3.05) is 32.1 Å². The summed E-state index contributed by atoms with van der Waals surface area (Å²) in [5, 5.41) is 16.3. The predicted molar refractivity (Wildman–Crippen MR) is 119 cm³/mol. The van der Waals surface area contributed by atoms with Gasteiger partial charge in [-0.05, 0) is 70.5 Å². The van der Waals surface area contributed by atoms with Crippen LogP contribution in [0.15, 0.2) is 24.3 Å². The molecule has 0 amide bonds. The predicted octanol–water partition coefficient (Wildman–Crippen LogP) is 4.37. The summed E-state index contributed by atoms with van der Waals surface area (Å²) in [6.45, 7) is 12.3. The van der Waals surface area contributed by atoms with Gasteiger partial charge in [0.2, 0.25) is 0 Å². The number of nitrogens with two attached hydrogens (primary N) is 1. The fourth-order valence-electron chi connectivity index (χ4n) is 2.46. The van der Waals surface area contributed by atoms with Crippen molar-refractivity contribution >= 4 is 5.69 Å². The van der Waals surface area contributed by atoms with Crippen molar-refractivity contribution in [2.45, 2.75) is 72.6 Å². The quantitative estimate of drug-likeness (QED) is 0.391. The van der Waals surface area contributed by atoms with Crippen LogP contribution in [-0.2, 0) is 4.74 Å². The van der Waals surface area contributed by atoms with Crippen LogP contribution >= 0.6 is 0 Å². The Kier molecular flexibility index (Phi) is 21.3. The second-order valence-electron chi connectivity index (χ2n) is 6.26. The van der Waals surface area contributed by atoms with E-state index in [1.165, 1.54) is 12.1 Å². The number of benzene rings is 1. The van der Waals surface area contributed by atoms with Crippen molar-refractivity contribution in [1.82, 2.24) is 5.32 Å². The van der Waals surface area contributed by atoms with Crippen LogP contribution in [-0.4, -0.2) is 44.2 Å². The number of aliphatic hydroxyl groups excluding tert-OH is 1. The standard InChI is InChI=1S/C17H29FN2O2.C3H9N.C2H6/c1-3-16(21)13(6-5-7-17(19)22-4-2)12-20-15-10-8-14(18)9-11-15;1-3-4-2;1-2/h8-11,13,16-17,20-21H,3-7,12,19H2,1-2H3;4H,3H2,1-2H3;1-2H3/t13?,16-,17?;;/m0../s1. The Balaban J connectivity index is 0. The smallest absolute Gasteiger partial charge is 0.123 e. The Labute approximate surface area is 172 Å². The summed E-state index contributed by atoms with van der Waals surface area (Å²) in [6, 6.07) is 6.26. The zero-order valence-electron chi connectivity index (χ0n) is 18.8. The van der Waals surface area contributed by atoms with Gasteiger partial charge in [-0.2, -0.15) is 0 Å². The van der Waals surface area contributed by atoms with Crippen molar-refractivity contribution in [2.24, 2.45) is 11.7 Å². The minimum atomic E-state index is -0.351. The highest BCUT2D eigenvalue weighted by Crippen LogP contribution is 2.18. The first-order valence-electron chi connectivity index (χ1n) is 10.7. The van der Waals surface area contributed by atoms with Crippen molar-refractivity contribution in [3.63, 3.8) is 0 Å². The fraction of sp³-hybridized carbons (Fsp3) is 0.727. The summed E-state index contributed by atoms with van der Waals surface area (Å²) in [5.41, 5.74) is 6.68. The molecule has 1 aromatic carbocycles. The molecule has 166 valence electrons. The van der Waals surface area contributed by atoms with E-state index in [1.807, 2.05) is 34.7 Å². The van der Waals surface area contributed by atoms with Crippen LogP contribution < -0.4 is 16.4 Å². The molecular weight excluding hydrogens is 357 g/mol. The van der Waals surface area contributed by atoms with E-state index < -0.39 is 0 Å². The monoisotopic (exact) mass is 401 g/mol. The van der Waals surface area contributed by atoms with Crippen LogP contribution in [0.4, 0.5) is 10.1 Å². The van der Waals surface area contributed by atoms with Crippen LogP contribution in [0.2, 0.25) is 0 Å². The molecule has 5 N–H and O–H groups in total. The van der Waals surface area contributed by atoms with E-state index in [-0.39, 0.29) is 24.1 Å². The van der Waals surface area contributed by atoms with Gasteiger partial charge in [0.05, 0.1) is 6.10 Å². The van der Waals surface area contributed by atoms with E-state index >= 15 is 0 Å². The molecule has 6 heteroatoms. The number of anilines is 1. The molecule has 1 rings (SSSR count). The minimum absolute atomic E-state index is 0.142. The molecule has 0 saturated heterocycles. The van der Waals surface area contributed by atoms with Crippen molar-refractivity contribution in [3.8, 4) is 0 Å². The van der Waals surface area contributed by atoms with Crippen molar-refractivity contribution in [1.29, 1.82) is 0 Å². The summed E-state index contributed by atoms with van der Waals surface area (Å²) in [4.78, 5) is 0.